The number of hydrogen-bond donors (Lipinski definition) is 2. The van der Waals surface area contributed by atoms with Crippen molar-refractivity contribution < 1.29 is 4.92 Å². The topological polar surface area (TPSA) is 99.0 Å². The van der Waals surface area contributed by atoms with Crippen molar-refractivity contribution in [3.63, 3.8) is 0 Å². The Kier molecular flexibility index (Phi) is 4.03. The number of nitro groups is 1. The van der Waals surface area contributed by atoms with Gasteiger partial charge in [0.05, 0.1) is 4.92 Å². The predicted octanol–water partition coefficient (Wildman–Crippen LogP) is 1.91. The van der Waals surface area contributed by atoms with Crippen molar-refractivity contribution in [2.75, 3.05) is 5.43 Å². The number of aryl methyl sites for hydroxylation is 1. The molecular formula is C11H13N5O2S. The second kappa shape index (κ2) is 5.72. The van der Waals surface area contributed by atoms with Crippen molar-refractivity contribution in [1.82, 2.24) is 9.55 Å². The first-order chi connectivity index (χ1) is 9.13. The number of nitrogens with one attached hydrogen (secondary N) is 1. The molecule has 2 aromatic rings. The highest BCUT2D eigenvalue weighted by atomic mass is 32.2. The molecule has 0 aliphatic rings. The largest absolute Gasteiger partial charge is 0.329 e. The molecule has 1 aromatic carbocycles. The summed E-state index contributed by atoms with van der Waals surface area (Å²) in [6, 6.07) is 4.87. The number of rotatable bonds is 5. The monoisotopic (exact) mass is 279 g/mol. The van der Waals surface area contributed by atoms with Gasteiger partial charge in [-0.05, 0) is 5.56 Å². The zero-order chi connectivity index (χ0) is 13.8. The van der Waals surface area contributed by atoms with Crippen molar-refractivity contribution >= 4 is 23.1 Å². The number of para-hydroxylation sites is 1. The molecular weight excluding hydrogens is 266 g/mol. The molecule has 8 heteroatoms. The molecule has 0 saturated carbocycles. The Hall–Kier alpha value is -2.06. The third-order valence-corrected chi connectivity index (χ3v) is 3.71. The maximum absolute atomic E-state index is 10.9. The summed E-state index contributed by atoms with van der Waals surface area (Å²) in [7, 11) is 1.89. The van der Waals surface area contributed by atoms with Gasteiger partial charge in [0.25, 0.3) is 5.69 Å². The number of nitro benzene ring substituents is 1. The average Bonchev–Trinajstić information content (AvgIpc) is 2.81. The van der Waals surface area contributed by atoms with E-state index in [0.717, 1.165) is 10.7 Å². The van der Waals surface area contributed by atoms with Gasteiger partial charge in [0, 0.05) is 31.3 Å². The van der Waals surface area contributed by atoms with Gasteiger partial charge in [0.2, 0.25) is 0 Å². The fourth-order valence-corrected chi connectivity index (χ4v) is 2.58. The Morgan fingerprint density at radius 1 is 1.58 bits per heavy atom. The Bertz CT molecular complexity index is 599. The summed E-state index contributed by atoms with van der Waals surface area (Å²) in [4.78, 5) is 14.6. The van der Waals surface area contributed by atoms with Crippen molar-refractivity contribution in [2.24, 2.45) is 12.9 Å². The summed E-state index contributed by atoms with van der Waals surface area (Å²) >= 11 is 1.49. The molecule has 0 fully saturated rings. The van der Waals surface area contributed by atoms with Gasteiger partial charge in [0.15, 0.2) is 5.16 Å². The molecule has 0 aliphatic heterocycles. The lowest BCUT2D eigenvalue weighted by Gasteiger charge is -2.08. The van der Waals surface area contributed by atoms with E-state index in [2.05, 4.69) is 10.4 Å². The van der Waals surface area contributed by atoms with Gasteiger partial charge in [-0.25, -0.2) is 4.98 Å². The van der Waals surface area contributed by atoms with Crippen LogP contribution in [0.2, 0.25) is 0 Å². The number of anilines is 1. The first kappa shape index (κ1) is 13.4. The molecule has 0 unspecified atom stereocenters. The number of thioether (sulfide) groups is 1. The first-order valence-electron chi connectivity index (χ1n) is 5.46. The highest BCUT2D eigenvalue weighted by Crippen LogP contribution is 2.31. The highest BCUT2D eigenvalue weighted by Gasteiger charge is 2.16. The number of hydrazine groups is 1. The van der Waals surface area contributed by atoms with Gasteiger partial charge in [-0.3, -0.25) is 16.0 Å². The minimum absolute atomic E-state index is 0.0274. The quantitative estimate of drug-likeness (QED) is 0.375. The normalized spacial score (nSPS) is 10.4. The number of benzene rings is 1. The molecule has 1 heterocycles. The molecule has 3 N–H and O–H groups in total. The van der Waals surface area contributed by atoms with E-state index in [1.54, 1.807) is 18.3 Å². The average molecular weight is 279 g/mol. The molecule has 1 aromatic heterocycles. The van der Waals surface area contributed by atoms with Crippen molar-refractivity contribution in [2.45, 2.75) is 10.9 Å². The van der Waals surface area contributed by atoms with Crippen LogP contribution >= 0.6 is 11.8 Å². The van der Waals surface area contributed by atoms with Crippen LogP contribution in [0.4, 0.5) is 11.4 Å². The standard InChI is InChI=1S/C11H13N5O2S/c1-15-6-5-13-11(15)19-7-8-3-2-4-9(16(17)18)10(8)14-12/h2-6,14H,7,12H2,1H3. The van der Waals surface area contributed by atoms with Crippen LogP contribution in [0.5, 0.6) is 0 Å². The summed E-state index contributed by atoms with van der Waals surface area (Å²) < 4.78 is 1.89. The van der Waals surface area contributed by atoms with Gasteiger partial charge >= 0.3 is 0 Å². The Morgan fingerprint density at radius 2 is 2.37 bits per heavy atom. The summed E-state index contributed by atoms with van der Waals surface area (Å²) in [6.45, 7) is 0. The lowest BCUT2D eigenvalue weighted by atomic mass is 10.2. The maximum atomic E-state index is 10.9. The van der Waals surface area contributed by atoms with E-state index in [1.165, 1.54) is 17.8 Å². The summed E-state index contributed by atoms with van der Waals surface area (Å²) in [6.07, 6.45) is 3.55. The molecule has 0 atom stereocenters. The van der Waals surface area contributed by atoms with E-state index in [-0.39, 0.29) is 5.69 Å². The lowest BCUT2D eigenvalue weighted by molar-refractivity contribution is -0.384. The molecule has 7 nitrogen and oxygen atoms in total. The van der Waals surface area contributed by atoms with Gasteiger partial charge in [-0.2, -0.15) is 0 Å². The molecule has 0 saturated heterocycles. The number of aromatic nitrogens is 2. The van der Waals surface area contributed by atoms with Crippen molar-refractivity contribution in [1.29, 1.82) is 0 Å². The second-order valence-corrected chi connectivity index (χ2v) is 4.76. The second-order valence-electron chi connectivity index (χ2n) is 3.82. The van der Waals surface area contributed by atoms with Crippen molar-refractivity contribution in [3.8, 4) is 0 Å². The summed E-state index contributed by atoms with van der Waals surface area (Å²) in [5.41, 5.74) is 3.49. The molecule has 0 spiro atoms. The van der Waals surface area contributed by atoms with E-state index >= 15 is 0 Å². The maximum Gasteiger partial charge on any atom is 0.293 e. The number of nitrogens with two attached hydrogens (primary N) is 1. The third kappa shape index (κ3) is 2.85. The lowest BCUT2D eigenvalue weighted by Crippen LogP contribution is -2.11. The molecule has 100 valence electrons. The highest BCUT2D eigenvalue weighted by molar-refractivity contribution is 7.98. The molecule has 0 aliphatic carbocycles. The van der Waals surface area contributed by atoms with E-state index in [1.807, 2.05) is 17.8 Å². The Labute approximate surface area is 113 Å². The minimum atomic E-state index is -0.454. The van der Waals surface area contributed by atoms with Crippen LogP contribution in [-0.2, 0) is 12.8 Å². The minimum Gasteiger partial charge on any atom is -0.329 e. The number of hydrogen-bond acceptors (Lipinski definition) is 6. The number of nitrogens with zero attached hydrogens (tertiary/aromatic N) is 3. The Morgan fingerprint density at radius 3 is 2.95 bits per heavy atom. The van der Waals surface area contributed by atoms with E-state index in [0.29, 0.717) is 11.4 Å². The third-order valence-electron chi connectivity index (χ3n) is 2.60. The molecule has 0 radical (unpaired) electrons. The predicted molar refractivity (Wildman–Crippen MR) is 73.7 cm³/mol. The fourth-order valence-electron chi connectivity index (χ4n) is 1.66. The molecule has 19 heavy (non-hydrogen) atoms. The first-order valence-corrected chi connectivity index (χ1v) is 6.45. The fraction of sp³-hybridized carbons (Fsp3) is 0.182. The van der Waals surface area contributed by atoms with E-state index in [4.69, 9.17) is 5.84 Å². The zero-order valence-electron chi connectivity index (χ0n) is 10.2. The van der Waals surface area contributed by atoms with Crippen LogP contribution in [-0.4, -0.2) is 14.5 Å². The smallest absolute Gasteiger partial charge is 0.293 e. The molecule has 2 rings (SSSR count). The summed E-state index contributed by atoms with van der Waals surface area (Å²) in [5.74, 6) is 5.93. The van der Waals surface area contributed by atoms with Gasteiger partial charge < -0.3 is 9.99 Å². The molecule has 0 amide bonds. The summed E-state index contributed by atoms with van der Waals surface area (Å²) in [5, 5.41) is 11.7. The SMILES string of the molecule is Cn1ccnc1SCc1cccc([N+](=O)[O-])c1NN. The van der Waals surface area contributed by atoms with Crippen LogP contribution in [0.15, 0.2) is 35.7 Å². The van der Waals surface area contributed by atoms with Crippen molar-refractivity contribution in [3.05, 3.63) is 46.3 Å². The van der Waals surface area contributed by atoms with E-state index < -0.39 is 4.92 Å². The van der Waals surface area contributed by atoms with Gasteiger partial charge in [-0.1, -0.05) is 23.9 Å². The Balaban J connectivity index is 2.23. The number of nitrogen functional groups attached to an aromatic ring is 1. The van der Waals surface area contributed by atoms with Crippen LogP contribution < -0.4 is 11.3 Å². The van der Waals surface area contributed by atoms with Crippen LogP contribution in [0.3, 0.4) is 0 Å². The van der Waals surface area contributed by atoms with Crippen LogP contribution in [0, 0.1) is 10.1 Å². The zero-order valence-corrected chi connectivity index (χ0v) is 11.1. The van der Waals surface area contributed by atoms with E-state index in [9.17, 15) is 10.1 Å². The molecule has 0 bridgehead atoms. The number of imidazole rings is 1. The van der Waals surface area contributed by atoms with Crippen LogP contribution in [0.1, 0.15) is 5.56 Å². The van der Waals surface area contributed by atoms with Gasteiger partial charge in [-0.15, -0.1) is 0 Å². The van der Waals surface area contributed by atoms with Gasteiger partial charge in [0.1, 0.15) is 5.69 Å². The van der Waals surface area contributed by atoms with Crippen LogP contribution in [0.25, 0.3) is 0 Å².